The lowest BCUT2D eigenvalue weighted by atomic mass is 9.82. The predicted octanol–water partition coefficient (Wildman–Crippen LogP) is 3.58. The molecule has 0 bridgehead atoms. The molecule has 2 aliphatic heterocycles. The highest BCUT2D eigenvalue weighted by molar-refractivity contribution is 9.10. The van der Waals surface area contributed by atoms with Gasteiger partial charge in [-0.05, 0) is 44.9 Å². The van der Waals surface area contributed by atoms with E-state index in [9.17, 15) is 4.79 Å². The number of alkyl carbamates (subject to hydrolysis) is 1. The lowest BCUT2D eigenvalue weighted by molar-refractivity contribution is 0.0423. The van der Waals surface area contributed by atoms with Gasteiger partial charge < -0.3 is 9.47 Å². The maximum atomic E-state index is 12.1. The van der Waals surface area contributed by atoms with Crippen LogP contribution in [0.5, 0.6) is 0 Å². The molecule has 2 saturated heterocycles. The standard InChI is InChI=1S/C17H23BrN2O3S/c1-16(2,3)23-15(21)19-14-20-17(7-8-22-10-13(17)24-14)11-5-4-6-12(18)9-11/h4-6,9,13-14,20H,7-8,10H2,1-3H3,(H,19,21). The van der Waals surface area contributed by atoms with Crippen molar-refractivity contribution in [3.8, 4) is 0 Å². The first-order valence-electron chi connectivity index (χ1n) is 8.05. The number of amides is 1. The van der Waals surface area contributed by atoms with Gasteiger partial charge in [0.15, 0.2) is 0 Å². The summed E-state index contributed by atoms with van der Waals surface area (Å²) < 4.78 is 12.1. The SMILES string of the molecule is CC(C)(C)OC(=O)NC1NC2(c3cccc(Br)c3)CCOCC2S1. The molecule has 5 nitrogen and oxygen atoms in total. The average molecular weight is 415 g/mol. The Hall–Kier alpha value is -0.760. The Labute approximate surface area is 155 Å². The summed E-state index contributed by atoms with van der Waals surface area (Å²) in [6, 6.07) is 8.34. The van der Waals surface area contributed by atoms with Crippen molar-refractivity contribution >= 4 is 33.8 Å². The molecule has 2 aliphatic rings. The largest absolute Gasteiger partial charge is 0.444 e. The van der Waals surface area contributed by atoms with Crippen molar-refractivity contribution in [2.45, 2.75) is 49.1 Å². The number of nitrogens with one attached hydrogen (secondary N) is 2. The van der Waals surface area contributed by atoms with E-state index >= 15 is 0 Å². The lowest BCUT2D eigenvalue weighted by Gasteiger charge is -2.39. The van der Waals surface area contributed by atoms with Crippen LogP contribution in [0.25, 0.3) is 0 Å². The van der Waals surface area contributed by atoms with Crippen molar-refractivity contribution in [3.63, 3.8) is 0 Å². The van der Waals surface area contributed by atoms with Gasteiger partial charge in [0.05, 0.1) is 17.4 Å². The average Bonchev–Trinajstić information content (AvgIpc) is 2.84. The minimum Gasteiger partial charge on any atom is -0.444 e. The van der Waals surface area contributed by atoms with E-state index in [1.54, 1.807) is 11.8 Å². The number of ether oxygens (including phenoxy) is 2. The van der Waals surface area contributed by atoms with Crippen molar-refractivity contribution in [2.24, 2.45) is 0 Å². The number of hydrogen-bond acceptors (Lipinski definition) is 5. The molecule has 2 fully saturated rings. The second-order valence-electron chi connectivity index (χ2n) is 7.10. The van der Waals surface area contributed by atoms with E-state index in [2.05, 4.69) is 38.7 Å². The number of carbonyl (C=O) groups excluding carboxylic acids is 1. The molecule has 1 amide bonds. The molecule has 0 saturated carbocycles. The molecule has 0 spiro atoms. The van der Waals surface area contributed by atoms with Crippen molar-refractivity contribution in [3.05, 3.63) is 34.3 Å². The van der Waals surface area contributed by atoms with E-state index in [1.165, 1.54) is 5.56 Å². The Balaban J connectivity index is 1.77. The van der Waals surface area contributed by atoms with Gasteiger partial charge in [-0.1, -0.05) is 28.1 Å². The third kappa shape index (κ3) is 3.90. The highest BCUT2D eigenvalue weighted by Crippen LogP contribution is 2.46. The molecule has 1 aromatic rings. The smallest absolute Gasteiger partial charge is 0.409 e. The number of halogens is 1. The minimum atomic E-state index is -0.509. The van der Waals surface area contributed by atoms with Gasteiger partial charge in [-0.25, -0.2) is 4.79 Å². The molecule has 132 valence electrons. The van der Waals surface area contributed by atoms with Gasteiger partial charge in [-0.2, -0.15) is 0 Å². The topological polar surface area (TPSA) is 59.6 Å². The van der Waals surface area contributed by atoms with Crippen LogP contribution in [0.2, 0.25) is 0 Å². The Morgan fingerprint density at radius 2 is 2.29 bits per heavy atom. The van der Waals surface area contributed by atoms with Gasteiger partial charge in [0.1, 0.15) is 11.1 Å². The Morgan fingerprint density at radius 3 is 3.00 bits per heavy atom. The summed E-state index contributed by atoms with van der Waals surface area (Å²) in [6.45, 7) is 6.95. The summed E-state index contributed by atoms with van der Waals surface area (Å²) in [7, 11) is 0. The maximum Gasteiger partial charge on any atom is 0.409 e. The van der Waals surface area contributed by atoms with Gasteiger partial charge in [-0.15, -0.1) is 11.8 Å². The van der Waals surface area contributed by atoms with Crippen LogP contribution in [0.1, 0.15) is 32.8 Å². The third-order valence-electron chi connectivity index (χ3n) is 4.14. The van der Waals surface area contributed by atoms with E-state index in [1.807, 2.05) is 32.9 Å². The summed E-state index contributed by atoms with van der Waals surface area (Å²) in [5.41, 5.74) is 0.300. The second-order valence-corrected chi connectivity index (χ2v) is 9.33. The van der Waals surface area contributed by atoms with Crippen LogP contribution in [0.3, 0.4) is 0 Å². The Morgan fingerprint density at radius 1 is 1.50 bits per heavy atom. The van der Waals surface area contributed by atoms with Crippen molar-refractivity contribution < 1.29 is 14.3 Å². The molecule has 7 heteroatoms. The zero-order valence-corrected chi connectivity index (χ0v) is 16.5. The van der Waals surface area contributed by atoms with Gasteiger partial charge in [0.25, 0.3) is 0 Å². The Bertz CT molecular complexity index is 622. The fraction of sp³-hybridized carbons (Fsp3) is 0.588. The molecule has 3 atom stereocenters. The summed E-state index contributed by atoms with van der Waals surface area (Å²) in [5.74, 6) is 0. The van der Waals surface area contributed by atoms with Crippen molar-refractivity contribution in [1.29, 1.82) is 0 Å². The summed E-state index contributed by atoms with van der Waals surface area (Å²) in [5, 5.41) is 6.78. The molecule has 1 aromatic carbocycles. The van der Waals surface area contributed by atoms with Crippen LogP contribution >= 0.6 is 27.7 Å². The van der Waals surface area contributed by atoms with Crippen LogP contribution in [-0.2, 0) is 15.0 Å². The number of thioether (sulfide) groups is 1. The van der Waals surface area contributed by atoms with Gasteiger partial charge in [0, 0.05) is 11.1 Å². The van der Waals surface area contributed by atoms with E-state index < -0.39 is 11.7 Å². The fourth-order valence-corrected chi connectivity index (χ4v) is 5.04. The van der Waals surface area contributed by atoms with Crippen LogP contribution in [0.15, 0.2) is 28.7 Å². The molecular weight excluding hydrogens is 392 g/mol. The predicted molar refractivity (Wildman–Crippen MR) is 98.9 cm³/mol. The molecular formula is C17H23BrN2O3S. The van der Waals surface area contributed by atoms with E-state index in [-0.39, 0.29) is 16.3 Å². The number of fused-ring (bicyclic) bond motifs is 1. The molecule has 24 heavy (non-hydrogen) atoms. The normalized spacial score (nSPS) is 29.8. The first kappa shape index (κ1) is 18.0. The van der Waals surface area contributed by atoms with E-state index in [4.69, 9.17) is 9.47 Å². The monoisotopic (exact) mass is 414 g/mol. The quantitative estimate of drug-likeness (QED) is 0.774. The minimum absolute atomic E-state index is 0.202. The molecule has 0 aliphatic carbocycles. The number of carbonyl (C=O) groups is 1. The molecule has 3 unspecified atom stereocenters. The van der Waals surface area contributed by atoms with Crippen LogP contribution in [0, 0.1) is 0 Å². The number of hydrogen-bond donors (Lipinski definition) is 2. The third-order valence-corrected chi connectivity index (χ3v) is 6.00. The summed E-state index contributed by atoms with van der Waals surface area (Å²) in [4.78, 5) is 12.1. The molecule has 3 rings (SSSR count). The van der Waals surface area contributed by atoms with E-state index in [0.717, 1.165) is 10.9 Å². The molecule has 0 radical (unpaired) electrons. The van der Waals surface area contributed by atoms with Gasteiger partial charge in [-0.3, -0.25) is 10.6 Å². The fourth-order valence-electron chi connectivity index (χ4n) is 3.14. The van der Waals surface area contributed by atoms with Crippen LogP contribution < -0.4 is 10.6 Å². The number of benzene rings is 1. The number of rotatable bonds is 2. The zero-order chi connectivity index (χ0) is 17.4. The van der Waals surface area contributed by atoms with Crippen LogP contribution in [-0.4, -0.2) is 35.7 Å². The van der Waals surface area contributed by atoms with Crippen LogP contribution in [0.4, 0.5) is 4.79 Å². The molecule has 2 heterocycles. The van der Waals surface area contributed by atoms with Crippen molar-refractivity contribution in [1.82, 2.24) is 10.6 Å². The Kier molecular flexibility index (Phi) is 5.16. The molecule has 0 aromatic heterocycles. The summed E-state index contributed by atoms with van der Waals surface area (Å²) in [6.07, 6.45) is 0.463. The first-order chi connectivity index (χ1) is 11.3. The first-order valence-corrected chi connectivity index (χ1v) is 9.79. The highest BCUT2D eigenvalue weighted by Gasteiger charge is 2.51. The lowest BCUT2D eigenvalue weighted by Crippen LogP contribution is -2.53. The molecule has 2 N–H and O–H groups in total. The summed E-state index contributed by atoms with van der Waals surface area (Å²) >= 11 is 5.24. The highest BCUT2D eigenvalue weighted by atomic mass is 79.9. The van der Waals surface area contributed by atoms with Gasteiger partial charge in [0.2, 0.25) is 0 Å². The maximum absolute atomic E-state index is 12.1. The van der Waals surface area contributed by atoms with Gasteiger partial charge >= 0.3 is 6.09 Å². The van der Waals surface area contributed by atoms with Crippen molar-refractivity contribution in [2.75, 3.05) is 13.2 Å². The second kappa shape index (κ2) is 6.86. The zero-order valence-electron chi connectivity index (χ0n) is 14.1. The van der Waals surface area contributed by atoms with E-state index in [0.29, 0.717) is 13.2 Å².